The van der Waals surface area contributed by atoms with Crippen LogP contribution in [0.3, 0.4) is 0 Å². The van der Waals surface area contributed by atoms with Gasteiger partial charge in [0.1, 0.15) is 0 Å². The summed E-state index contributed by atoms with van der Waals surface area (Å²) in [6.07, 6.45) is 0. The summed E-state index contributed by atoms with van der Waals surface area (Å²) in [7, 11) is 0. The van der Waals surface area contributed by atoms with Gasteiger partial charge in [-0.3, -0.25) is 10.1 Å². The molecular formula is C9H12ClNO3. The molecule has 0 heterocycles. The Hall–Kier alpha value is -1.29. The fraction of sp³-hybridized carbons (Fsp3) is 0.333. The number of phenols is 1. The molecule has 4 nitrogen and oxygen atoms in total. The quantitative estimate of drug-likeness (QED) is 0.580. The minimum absolute atomic E-state index is 0.318. The lowest BCUT2D eigenvalue weighted by Gasteiger charge is -1.99. The highest BCUT2D eigenvalue weighted by Gasteiger charge is 2.14. The third-order valence-electron chi connectivity index (χ3n) is 1.45. The van der Waals surface area contributed by atoms with Gasteiger partial charge < -0.3 is 5.11 Å². The Balaban J connectivity index is 0.000000791. The Morgan fingerprint density at radius 1 is 1.43 bits per heavy atom. The van der Waals surface area contributed by atoms with Crippen molar-refractivity contribution in [3.05, 3.63) is 32.8 Å². The van der Waals surface area contributed by atoms with Gasteiger partial charge in [-0.15, -0.1) is 0 Å². The number of nitro benzene ring substituents is 1. The van der Waals surface area contributed by atoms with E-state index >= 15 is 0 Å². The maximum absolute atomic E-state index is 10.3. The monoisotopic (exact) mass is 217 g/mol. The molecule has 0 aliphatic heterocycles. The van der Waals surface area contributed by atoms with Gasteiger partial charge in [0.25, 0.3) is 0 Å². The lowest BCUT2D eigenvalue weighted by atomic mass is 10.2. The Kier molecular flexibility index (Phi) is 4.94. The van der Waals surface area contributed by atoms with Crippen molar-refractivity contribution in [2.24, 2.45) is 0 Å². The zero-order valence-corrected chi connectivity index (χ0v) is 9.00. The predicted molar refractivity (Wildman–Crippen MR) is 55.9 cm³/mol. The second kappa shape index (κ2) is 5.44. The minimum Gasteiger partial charge on any atom is -0.502 e. The third kappa shape index (κ3) is 2.88. The molecule has 1 rings (SSSR count). The van der Waals surface area contributed by atoms with E-state index in [1.54, 1.807) is 6.92 Å². The van der Waals surface area contributed by atoms with Crippen LogP contribution in [0.1, 0.15) is 19.4 Å². The van der Waals surface area contributed by atoms with E-state index < -0.39 is 10.7 Å². The molecule has 1 aromatic carbocycles. The molecule has 0 spiro atoms. The van der Waals surface area contributed by atoms with Crippen molar-refractivity contribution in [3.63, 3.8) is 0 Å². The minimum atomic E-state index is -0.654. The van der Waals surface area contributed by atoms with Crippen molar-refractivity contribution in [1.29, 1.82) is 0 Å². The number of nitrogens with zero attached hydrogens (tertiary/aromatic N) is 1. The van der Waals surface area contributed by atoms with E-state index in [0.717, 1.165) is 6.07 Å². The van der Waals surface area contributed by atoms with Gasteiger partial charge >= 0.3 is 5.69 Å². The number of phenolic OH excluding ortho intramolecular Hbond substituents is 1. The van der Waals surface area contributed by atoms with E-state index in [1.807, 2.05) is 13.8 Å². The number of halogens is 1. The first-order valence-electron chi connectivity index (χ1n) is 4.16. The number of aryl methyl sites for hydroxylation is 1. The highest BCUT2D eigenvalue weighted by atomic mass is 35.5. The molecule has 0 saturated carbocycles. The zero-order chi connectivity index (χ0) is 11.3. The molecule has 0 bridgehead atoms. The van der Waals surface area contributed by atoms with Gasteiger partial charge in [-0.1, -0.05) is 25.4 Å². The van der Waals surface area contributed by atoms with Crippen LogP contribution in [0.5, 0.6) is 5.75 Å². The summed E-state index contributed by atoms with van der Waals surface area (Å²) in [5.41, 5.74) is 0.248. The highest BCUT2D eigenvalue weighted by Crippen LogP contribution is 2.31. The summed E-state index contributed by atoms with van der Waals surface area (Å²) in [4.78, 5) is 9.63. The van der Waals surface area contributed by atoms with Crippen LogP contribution in [0.25, 0.3) is 0 Å². The van der Waals surface area contributed by atoms with Crippen LogP contribution in [0.2, 0.25) is 5.02 Å². The summed E-state index contributed by atoms with van der Waals surface area (Å²) >= 11 is 5.61. The number of hydrogen-bond donors (Lipinski definition) is 1. The predicted octanol–water partition coefficient (Wildman–Crippen LogP) is 3.29. The number of aromatic hydroxyl groups is 1. The van der Waals surface area contributed by atoms with Gasteiger partial charge in [0, 0.05) is 17.2 Å². The summed E-state index contributed by atoms with van der Waals surface area (Å²) in [6, 6.07) is 2.40. The largest absolute Gasteiger partial charge is 0.502 e. The fourth-order valence-electron chi connectivity index (χ4n) is 0.802. The first-order valence-corrected chi connectivity index (χ1v) is 4.53. The lowest BCUT2D eigenvalue weighted by Crippen LogP contribution is -1.89. The summed E-state index contributed by atoms with van der Waals surface area (Å²) in [5, 5.41) is 19.7. The molecule has 0 unspecified atom stereocenters. The van der Waals surface area contributed by atoms with Gasteiger partial charge in [-0.05, 0) is 12.5 Å². The molecule has 0 aliphatic rings. The average Bonchev–Trinajstić information content (AvgIpc) is 2.14. The highest BCUT2D eigenvalue weighted by molar-refractivity contribution is 6.31. The van der Waals surface area contributed by atoms with Gasteiger partial charge in [-0.2, -0.15) is 0 Å². The lowest BCUT2D eigenvalue weighted by molar-refractivity contribution is -0.385. The van der Waals surface area contributed by atoms with Gasteiger partial charge in [0.05, 0.1) is 4.92 Å². The summed E-state index contributed by atoms with van der Waals surface area (Å²) in [5.74, 6) is -0.407. The van der Waals surface area contributed by atoms with Crippen molar-refractivity contribution in [2.45, 2.75) is 20.8 Å². The van der Waals surface area contributed by atoms with Crippen molar-refractivity contribution in [3.8, 4) is 5.75 Å². The Morgan fingerprint density at radius 2 is 1.93 bits per heavy atom. The Bertz CT molecular complexity index is 339. The first-order chi connectivity index (χ1) is 6.52. The van der Waals surface area contributed by atoms with Crippen LogP contribution < -0.4 is 0 Å². The maximum Gasteiger partial charge on any atom is 0.311 e. The van der Waals surface area contributed by atoms with Crippen LogP contribution in [-0.4, -0.2) is 10.0 Å². The average molecular weight is 218 g/mol. The van der Waals surface area contributed by atoms with E-state index in [9.17, 15) is 10.1 Å². The topological polar surface area (TPSA) is 63.4 Å². The summed E-state index contributed by atoms with van der Waals surface area (Å²) < 4.78 is 0. The second-order valence-corrected chi connectivity index (χ2v) is 2.75. The van der Waals surface area contributed by atoms with Crippen LogP contribution in [0.4, 0.5) is 5.69 Å². The fourth-order valence-corrected chi connectivity index (χ4v) is 0.960. The molecule has 0 aromatic heterocycles. The van der Waals surface area contributed by atoms with Crippen LogP contribution >= 0.6 is 11.6 Å². The molecule has 78 valence electrons. The van der Waals surface area contributed by atoms with Gasteiger partial charge in [-0.25, -0.2) is 0 Å². The molecular weight excluding hydrogens is 206 g/mol. The molecule has 1 aromatic rings. The van der Waals surface area contributed by atoms with Gasteiger partial charge in [0.2, 0.25) is 0 Å². The molecule has 0 aliphatic carbocycles. The Morgan fingerprint density at radius 3 is 2.36 bits per heavy atom. The smallest absolute Gasteiger partial charge is 0.311 e. The molecule has 0 atom stereocenters. The van der Waals surface area contributed by atoms with Crippen molar-refractivity contribution in [2.75, 3.05) is 0 Å². The SMILES string of the molecule is CC.Cc1cc([N+](=O)[O-])c(O)cc1Cl. The zero-order valence-electron chi connectivity index (χ0n) is 8.24. The normalized spacial score (nSPS) is 8.86. The van der Waals surface area contributed by atoms with E-state index in [2.05, 4.69) is 0 Å². The van der Waals surface area contributed by atoms with E-state index in [0.29, 0.717) is 10.6 Å². The number of hydrogen-bond acceptors (Lipinski definition) is 3. The van der Waals surface area contributed by atoms with E-state index in [-0.39, 0.29) is 5.69 Å². The third-order valence-corrected chi connectivity index (χ3v) is 1.86. The molecule has 5 heteroatoms. The maximum atomic E-state index is 10.3. The molecule has 0 saturated heterocycles. The standard InChI is InChI=1S/C7H6ClNO3.C2H6/c1-4-2-6(9(11)12)7(10)3-5(4)8;1-2/h2-3,10H,1H3;1-2H3. The first kappa shape index (κ1) is 12.7. The summed E-state index contributed by atoms with van der Waals surface area (Å²) in [6.45, 7) is 5.63. The van der Waals surface area contributed by atoms with E-state index in [4.69, 9.17) is 16.7 Å². The molecule has 1 N–H and O–H groups in total. The van der Waals surface area contributed by atoms with Crippen molar-refractivity contribution in [1.82, 2.24) is 0 Å². The van der Waals surface area contributed by atoms with Crippen LogP contribution in [0.15, 0.2) is 12.1 Å². The molecule has 14 heavy (non-hydrogen) atoms. The van der Waals surface area contributed by atoms with Crippen molar-refractivity contribution < 1.29 is 10.0 Å². The van der Waals surface area contributed by atoms with E-state index in [1.165, 1.54) is 6.07 Å². The number of benzene rings is 1. The van der Waals surface area contributed by atoms with Gasteiger partial charge in [0.15, 0.2) is 5.75 Å². The van der Waals surface area contributed by atoms with Crippen molar-refractivity contribution >= 4 is 17.3 Å². The second-order valence-electron chi connectivity index (χ2n) is 2.35. The number of rotatable bonds is 1. The Labute approximate surface area is 87.3 Å². The van der Waals surface area contributed by atoms with Crippen LogP contribution in [-0.2, 0) is 0 Å². The molecule has 0 fully saturated rings. The molecule has 0 radical (unpaired) electrons. The van der Waals surface area contributed by atoms with Crippen LogP contribution in [0, 0.1) is 17.0 Å². The molecule has 0 amide bonds. The number of nitro groups is 1.